The van der Waals surface area contributed by atoms with Crippen molar-refractivity contribution in [2.45, 2.75) is 32.9 Å². The summed E-state index contributed by atoms with van der Waals surface area (Å²) in [6.45, 7) is 4.08. The van der Waals surface area contributed by atoms with Crippen LogP contribution in [0.1, 0.15) is 30.5 Å². The van der Waals surface area contributed by atoms with Gasteiger partial charge in [0.15, 0.2) is 5.82 Å². The van der Waals surface area contributed by atoms with E-state index in [1.807, 2.05) is 43.3 Å². The first kappa shape index (κ1) is 20.6. The molecule has 0 spiro atoms. The molecule has 3 rings (SSSR count). The molecule has 0 saturated carbocycles. The minimum absolute atomic E-state index is 0.106. The summed E-state index contributed by atoms with van der Waals surface area (Å²) in [6.07, 6.45) is -1.98. The minimum atomic E-state index is -4.56. The second-order valence-electron chi connectivity index (χ2n) is 6.68. The number of rotatable bonds is 6. The fraction of sp³-hybridized carbons (Fsp3) is 0.273. The molecule has 0 aliphatic heterocycles. The van der Waals surface area contributed by atoms with Gasteiger partial charge in [-0.25, -0.2) is 4.98 Å². The fourth-order valence-electron chi connectivity index (χ4n) is 2.92. The molecule has 1 heterocycles. The number of hydrogen-bond acceptors (Lipinski definition) is 4. The van der Waals surface area contributed by atoms with Gasteiger partial charge < -0.3 is 10.2 Å². The van der Waals surface area contributed by atoms with Gasteiger partial charge in [-0.3, -0.25) is 0 Å². The van der Waals surface area contributed by atoms with Gasteiger partial charge in [0.25, 0.3) is 0 Å². The predicted octanol–water partition coefficient (Wildman–Crippen LogP) is 6.13. The summed E-state index contributed by atoms with van der Waals surface area (Å²) in [7, 11) is 1.57. The van der Waals surface area contributed by atoms with Crippen LogP contribution in [0, 0.1) is 0 Å². The molecular weight excluding hydrogens is 377 g/mol. The molecule has 0 unspecified atom stereocenters. The summed E-state index contributed by atoms with van der Waals surface area (Å²) in [5, 5.41) is 2.98. The maximum absolute atomic E-state index is 13.6. The van der Waals surface area contributed by atoms with Crippen molar-refractivity contribution in [2.75, 3.05) is 17.3 Å². The van der Waals surface area contributed by atoms with Gasteiger partial charge in [-0.2, -0.15) is 18.2 Å². The average Bonchev–Trinajstić information content (AvgIpc) is 2.73. The predicted molar refractivity (Wildman–Crippen MR) is 110 cm³/mol. The van der Waals surface area contributed by atoms with Crippen molar-refractivity contribution in [3.05, 3.63) is 71.4 Å². The highest BCUT2D eigenvalue weighted by Gasteiger charge is 2.36. The van der Waals surface area contributed by atoms with Crippen molar-refractivity contribution >= 4 is 23.1 Å². The molecule has 0 bridgehead atoms. The number of hydrogen-bond donors (Lipinski definition) is 1. The Morgan fingerprint density at radius 3 is 1.97 bits per heavy atom. The van der Waals surface area contributed by atoms with Crippen LogP contribution in [0.2, 0.25) is 0 Å². The highest BCUT2D eigenvalue weighted by molar-refractivity contribution is 5.65. The third-order valence-electron chi connectivity index (χ3n) is 4.74. The molecular formula is C22H23F3N4. The minimum Gasteiger partial charge on any atom is -0.329 e. The van der Waals surface area contributed by atoms with Crippen LogP contribution in [-0.2, 0) is 19.0 Å². The molecule has 1 N–H and O–H groups in total. The lowest BCUT2D eigenvalue weighted by molar-refractivity contribution is -0.137. The van der Waals surface area contributed by atoms with E-state index in [4.69, 9.17) is 0 Å². The Hall–Kier alpha value is -3.09. The standard InChI is InChI=1S/C22H23F3N4/c1-4-15-6-10-17(11-7-15)27-21-26-14-19(22(23,24)25)20(28-21)29(3)18-12-8-16(5-2)9-13-18/h6-14H,4-5H2,1-3H3,(H,26,27,28). The van der Waals surface area contributed by atoms with E-state index in [0.29, 0.717) is 11.4 Å². The van der Waals surface area contributed by atoms with Crippen LogP contribution in [0.15, 0.2) is 54.7 Å². The molecule has 2 aromatic carbocycles. The molecule has 0 aliphatic carbocycles. The fourth-order valence-corrected chi connectivity index (χ4v) is 2.92. The topological polar surface area (TPSA) is 41.1 Å². The number of nitrogens with zero attached hydrogens (tertiary/aromatic N) is 3. The Bertz CT molecular complexity index is 951. The highest BCUT2D eigenvalue weighted by atomic mass is 19.4. The van der Waals surface area contributed by atoms with E-state index in [0.717, 1.165) is 24.6 Å². The smallest absolute Gasteiger partial charge is 0.329 e. The zero-order valence-electron chi connectivity index (χ0n) is 16.6. The summed E-state index contributed by atoms with van der Waals surface area (Å²) >= 11 is 0. The molecule has 152 valence electrons. The Morgan fingerprint density at radius 2 is 1.45 bits per heavy atom. The van der Waals surface area contributed by atoms with Crippen LogP contribution in [0.5, 0.6) is 0 Å². The van der Waals surface area contributed by atoms with E-state index in [1.54, 1.807) is 19.2 Å². The third-order valence-corrected chi connectivity index (χ3v) is 4.74. The Kier molecular flexibility index (Phi) is 6.06. The Morgan fingerprint density at radius 1 is 0.897 bits per heavy atom. The first-order valence-corrected chi connectivity index (χ1v) is 9.44. The molecule has 0 radical (unpaired) electrons. The normalized spacial score (nSPS) is 11.4. The molecule has 4 nitrogen and oxygen atoms in total. The van der Waals surface area contributed by atoms with E-state index < -0.39 is 11.7 Å². The van der Waals surface area contributed by atoms with Crippen LogP contribution in [0.3, 0.4) is 0 Å². The van der Waals surface area contributed by atoms with E-state index in [1.165, 1.54) is 10.5 Å². The summed E-state index contributed by atoms with van der Waals surface area (Å²) < 4.78 is 40.7. The van der Waals surface area contributed by atoms with E-state index in [2.05, 4.69) is 22.2 Å². The first-order chi connectivity index (χ1) is 13.8. The lowest BCUT2D eigenvalue weighted by Gasteiger charge is -2.23. The lowest BCUT2D eigenvalue weighted by atomic mass is 10.1. The molecule has 0 saturated heterocycles. The van der Waals surface area contributed by atoms with Crippen molar-refractivity contribution in [1.82, 2.24) is 9.97 Å². The van der Waals surface area contributed by atoms with Gasteiger partial charge in [-0.05, 0) is 48.2 Å². The van der Waals surface area contributed by atoms with Crippen molar-refractivity contribution in [2.24, 2.45) is 0 Å². The van der Waals surface area contributed by atoms with E-state index in [9.17, 15) is 13.2 Å². The van der Waals surface area contributed by atoms with Crippen LogP contribution in [0.4, 0.5) is 36.3 Å². The lowest BCUT2D eigenvalue weighted by Crippen LogP contribution is -2.19. The van der Waals surface area contributed by atoms with Gasteiger partial charge in [-0.1, -0.05) is 38.1 Å². The van der Waals surface area contributed by atoms with E-state index in [-0.39, 0.29) is 11.8 Å². The molecule has 0 fully saturated rings. The maximum atomic E-state index is 13.6. The van der Waals surface area contributed by atoms with Gasteiger partial charge >= 0.3 is 6.18 Å². The van der Waals surface area contributed by atoms with E-state index >= 15 is 0 Å². The first-order valence-electron chi connectivity index (χ1n) is 9.44. The monoisotopic (exact) mass is 400 g/mol. The largest absolute Gasteiger partial charge is 0.421 e. The van der Waals surface area contributed by atoms with Crippen LogP contribution < -0.4 is 10.2 Å². The molecule has 0 aliphatic rings. The second-order valence-corrected chi connectivity index (χ2v) is 6.68. The summed E-state index contributed by atoms with van der Waals surface area (Å²) in [4.78, 5) is 9.48. The van der Waals surface area contributed by atoms with Gasteiger partial charge in [0, 0.05) is 24.6 Å². The zero-order valence-corrected chi connectivity index (χ0v) is 16.6. The highest BCUT2D eigenvalue weighted by Crippen LogP contribution is 2.37. The number of nitrogens with one attached hydrogen (secondary N) is 1. The number of alkyl halides is 3. The number of halogens is 3. The Balaban J connectivity index is 1.96. The number of aromatic nitrogens is 2. The van der Waals surface area contributed by atoms with Crippen molar-refractivity contribution in [3.8, 4) is 0 Å². The van der Waals surface area contributed by atoms with Crippen LogP contribution >= 0.6 is 0 Å². The summed E-state index contributed by atoms with van der Waals surface area (Å²) in [5.41, 5.74) is 2.72. The van der Waals surface area contributed by atoms with Crippen molar-refractivity contribution in [3.63, 3.8) is 0 Å². The van der Waals surface area contributed by atoms with Gasteiger partial charge in [-0.15, -0.1) is 0 Å². The van der Waals surface area contributed by atoms with Gasteiger partial charge in [0.05, 0.1) is 0 Å². The number of benzene rings is 2. The van der Waals surface area contributed by atoms with Crippen molar-refractivity contribution in [1.29, 1.82) is 0 Å². The zero-order chi connectivity index (χ0) is 21.0. The maximum Gasteiger partial charge on any atom is 0.421 e. The molecule has 7 heteroatoms. The van der Waals surface area contributed by atoms with Gasteiger partial charge in [0.2, 0.25) is 5.95 Å². The summed E-state index contributed by atoms with van der Waals surface area (Å²) in [5.74, 6) is -0.0984. The van der Waals surface area contributed by atoms with Crippen LogP contribution in [0.25, 0.3) is 0 Å². The average molecular weight is 400 g/mol. The molecule has 1 aromatic heterocycles. The Labute approximate surface area is 168 Å². The third kappa shape index (κ3) is 4.85. The molecule has 29 heavy (non-hydrogen) atoms. The van der Waals surface area contributed by atoms with Gasteiger partial charge in [0.1, 0.15) is 5.56 Å². The molecule has 0 atom stereocenters. The number of aryl methyl sites for hydroxylation is 2. The summed E-state index contributed by atoms with van der Waals surface area (Å²) in [6, 6.07) is 15.0. The molecule has 0 amide bonds. The number of anilines is 4. The quantitative estimate of drug-likeness (QED) is 0.540. The second kappa shape index (κ2) is 8.51. The SMILES string of the molecule is CCc1ccc(Nc2ncc(C(F)(F)F)c(N(C)c3ccc(CC)cc3)n2)cc1. The molecule has 3 aromatic rings. The van der Waals surface area contributed by atoms with Crippen molar-refractivity contribution < 1.29 is 13.2 Å². The van der Waals surface area contributed by atoms with Crippen LogP contribution in [-0.4, -0.2) is 17.0 Å².